The van der Waals surface area contributed by atoms with Gasteiger partial charge < -0.3 is 5.32 Å². The first-order valence-electron chi connectivity index (χ1n) is 9.59. The summed E-state index contributed by atoms with van der Waals surface area (Å²) >= 11 is 1.45. The van der Waals surface area contributed by atoms with Gasteiger partial charge in [-0.1, -0.05) is 42.8 Å². The van der Waals surface area contributed by atoms with Crippen LogP contribution in [0.4, 0.5) is 11.4 Å². The number of rotatable bonds is 5. The Kier molecular flexibility index (Phi) is 5.07. The average molecular weight is 403 g/mol. The summed E-state index contributed by atoms with van der Waals surface area (Å²) in [4.78, 5) is 28.7. The molecule has 29 heavy (non-hydrogen) atoms. The molecule has 3 aromatic rings. The summed E-state index contributed by atoms with van der Waals surface area (Å²) in [5.74, 6) is -0.628. The van der Waals surface area contributed by atoms with Crippen LogP contribution >= 0.6 is 11.3 Å². The van der Waals surface area contributed by atoms with Crippen LogP contribution in [0.1, 0.15) is 28.5 Å². The number of hydrogen-bond acceptors (Lipinski definition) is 4. The molecule has 0 spiro atoms. The van der Waals surface area contributed by atoms with E-state index >= 15 is 0 Å². The van der Waals surface area contributed by atoms with Crippen molar-refractivity contribution in [3.05, 3.63) is 87.2 Å². The van der Waals surface area contributed by atoms with Gasteiger partial charge in [-0.3, -0.25) is 9.59 Å². The summed E-state index contributed by atoms with van der Waals surface area (Å²) in [6.45, 7) is 6.09. The van der Waals surface area contributed by atoms with E-state index in [0.29, 0.717) is 17.0 Å². The molecule has 4 nitrogen and oxygen atoms in total. The van der Waals surface area contributed by atoms with Crippen LogP contribution in [0, 0.1) is 13.8 Å². The Morgan fingerprint density at radius 1 is 0.966 bits per heavy atom. The standard InChI is InChI=1S/C24H22N2O2S/c1-4-17-8-10-18(11-9-17)26-23(27)21(20-6-5-13-29-20)22(24(26)28)25-19-12-7-15(2)14-16(19)3/h5-14,25H,4H2,1-3H3. The Balaban J connectivity index is 1.78. The van der Waals surface area contributed by atoms with Gasteiger partial charge in [0.1, 0.15) is 5.70 Å². The first-order valence-corrected chi connectivity index (χ1v) is 10.5. The van der Waals surface area contributed by atoms with E-state index in [9.17, 15) is 9.59 Å². The highest BCUT2D eigenvalue weighted by Gasteiger charge is 2.40. The first kappa shape index (κ1) is 19.2. The van der Waals surface area contributed by atoms with Crippen LogP contribution in [0.3, 0.4) is 0 Å². The molecule has 0 saturated heterocycles. The zero-order chi connectivity index (χ0) is 20.5. The number of aryl methyl sites for hydroxylation is 3. The van der Waals surface area contributed by atoms with Gasteiger partial charge in [0, 0.05) is 10.6 Å². The molecule has 0 unspecified atom stereocenters. The molecule has 146 valence electrons. The Morgan fingerprint density at radius 2 is 1.72 bits per heavy atom. The maximum absolute atomic E-state index is 13.3. The number of imide groups is 1. The normalized spacial score (nSPS) is 14.1. The fourth-order valence-corrected chi connectivity index (χ4v) is 4.27. The predicted molar refractivity (Wildman–Crippen MR) is 119 cm³/mol. The maximum Gasteiger partial charge on any atom is 0.282 e. The minimum atomic E-state index is -0.331. The van der Waals surface area contributed by atoms with Crippen molar-refractivity contribution >= 4 is 40.1 Å². The van der Waals surface area contributed by atoms with Crippen molar-refractivity contribution in [3.8, 4) is 0 Å². The molecule has 0 saturated carbocycles. The second kappa shape index (κ2) is 7.68. The fourth-order valence-electron chi connectivity index (χ4n) is 3.50. The minimum Gasteiger partial charge on any atom is -0.350 e. The molecule has 1 aliphatic heterocycles. The lowest BCUT2D eigenvalue weighted by Gasteiger charge is -2.16. The highest BCUT2D eigenvalue weighted by Crippen LogP contribution is 2.36. The molecule has 0 radical (unpaired) electrons. The van der Waals surface area contributed by atoms with E-state index in [-0.39, 0.29) is 11.8 Å². The molecule has 1 aromatic heterocycles. The van der Waals surface area contributed by atoms with E-state index in [0.717, 1.165) is 33.7 Å². The van der Waals surface area contributed by atoms with E-state index in [1.54, 1.807) is 0 Å². The number of anilines is 2. The van der Waals surface area contributed by atoms with Gasteiger partial charge in [-0.2, -0.15) is 0 Å². The van der Waals surface area contributed by atoms with E-state index in [4.69, 9.17) is 0 Å². The molecule has 0 aliphatic carbocycles. The van der Waals surface area contributed by atoms with Gasteiger partial charge in [0.2, 0.25) is 0 Å². The van der Waals surface area contributed by atoms with Crippen molar-refractivity contribution in [2.75, 3.05) is 10.2 Å². The lowest BCUT2D eigenvalue weighted by Crippen LogP contribution is -2.32. The number of thiophene rings is 1. The number of amides is 2. The second-order valence-corrected chi connectivity index (χ2v) is 8.08. The summed E-state index contributed by atoms with van der Waals surface area (Å²) in [6, 6.07) is 17.3. The summed E-state index contributed by atoms with van der Waals surface area (Å²) < 4.78 is 0. The van der Waals surface area contributed by atoms with E-state index in [2.05, 4.69) is 18.3 Å². The second-order valence-electron chi connectivity index (χ2n) is 7.14. The largest absolute Gasteiger partial charge is 0.350 e. The summed E-state index contributed by atoms with van der Waals surface area (Å²) in [5.41, 5.74) is 5.48. The number of carbonyl (C=O) groups excluding carboxylic acids is 2. The highest BCUT2D eigenvalue weighted by atomic mass is 32.1. The van der Waals surface area contributed by atoms with Gasteiger partial charge in [-0.15, -0.1) is 11.3 Å². The van der Waals surface area contributed by atoms with Gasteiger partial charge >= 0.3 is 0 Å². The van der Waals surface area contributed by atoms with E-state index in [1.807, 2.05) is 67.8 Å². The number of nitrogens with zero attached hydrogens (tertiary/aromatic N) is 1. The minimum absolute atomic E-state index is 0.297. The van der Waals surface area contributed by atoms with Gasteiger partial charge in [0.25, 0.3) is 11.8 Å². The van der Waals surface area contributed by atoms with Crippen LogP contribution in [0.5, 0.6) is 0 Å². The average Bonchev–Trinajstić information content (AvgIpc) is 3.31. The summed E-state index contributed by atoms with van der Waals surface area (Å²) in [7, 11) is 0. The Labute approximate surface area is 174 Å². The third-order valence-electron chi connectivity index (χ3n) is 5.10. The predicted octanol–water partition coefficient (Wildman–Crippen LogP) is 5.32. The first-order chi connectivity index (χ1) is 14.0. The molecule has 2 aromatic carbocycles. The number of hydrogen-bond donors (Lipinski definition) is 1. The van der Waals surface area contributed by atoms with Crippen LogP contribution in [-0.2, 0) is 16.0 Å². The van der Waals surface area contributed by atoms with Crippen molar-refractivity contribution < 1.29 is 9.59 Å². The Bertz CT molecular complexity index is 1110. The number of benzene rings is 2. The fraction of sp³-hybridized carbons (Fsp3) is 0.167. The van der Waals surface area contributed by atoms with E-state index < -0.39 is 0 Å². The quantitative estimate of drug-likeness (QED) is 0.587. The van der Waals surface area contributed by atoms with Crippen molar-refractivity contribution in [2.24, 2.45) is 0 Å². The van der Waals surface area contributed by atoms with Crippen LogP contribution in [-0.4, -0.2) is 11.8 Å². The molecule has 0 atom stereocenters. The van der Waals surface area contributed by atoms with Crippen LogP contribution < -0.4 is 10.2 Å². The zero-order valence-electron chi connectivity index (χ0n) is 16.7. The number of carbonyl (C=O) groups is 2. The molecular formula is C24H22N2O2S. The van der Waals surface area contributed by atoms with Crippen molar-refractivity contribution in [3.63, 3.8) is 0 Å². The third-order valence-corrected chi connectivity index (χ3v) is 5.98. The van der Waals surface area contributed by atoms with Gasteiger partial charge in [0.15, 0.2) is 0 Å². The van der Waals surface area contributed by atoms with Crippen LogP contribution in [0.25, 0.3) is 5.57 Å². The SMILES string of the molecule is CCc1ccc(N2C(=O)C(Nc3ccc(C)cc3C)=C(c3cccs3)C2=O)cc1. The van der Waals surface area contributed by atoms with Gasteiger partial charge in [-0.25, -0.2) is 4.90 Å². The molecular weight excluding hydrogens is 380 g/mol. The van der Waals surface area contributed by atoms with Crippen LogP contribution in [0.2, 0.25) is 0 Å². The van der Waals surface area contributed by atoms with Gasteiger partial charge in [-0.05, 0) is 61.0 Å². The smallest absolute Gasteiger partial charge is 0.282 e. The topological polar surface area (TPSA) is 49.4 Å². The molecule has 2 heterocycles. The monoisotopic (exact) mass is 402 g/mol. The van der Waals surface area contributed by atoms with Crippen molar-refractivity contribution in [2.45, 2.75) is 27.2 Å². The maximum atomic E-state index is 13.3. The zero-order valence-corrected chi connectivity index (χ0v) is 17.5. The molecule has 1 aliphatic rings. The molecule has 1 N–H and O–H groups in total. The molecule has 0 bridgehead atoms. The lowest BCUT2D eigenvalue weighted by molar-refractivity contribution is -0.120. The van der Waals surface area contributed by atoms with E-state index in [1.165, 1.54) is 16.2 Å². The van der Waals surface area contributed by atoms with Crippen molar-refractivity contribution in [1.29, 1.82) is 0 Å². The van der Waals surface area contributed by atoms with Crippen LogP contribution in [0.15, 0.2) is 65.7 Å². The Hall–Kier alpha value is -3.18. The Morgan fingerprint density at radius 3 is 2.34 bits per heavy atom. The summed E-state index contributed by atoms with van der Waals surface area (Å²) in [5, 5.41) is 5.16. The highest BCUT2D eigenvalue weighted by molar-refractivity contribution is 7.11. The molecule has 5 heteroatoms. The lowest BCUT2D eigenvalue weighted by atomic mass is 10.1. The van der Waals surface area contributed by atoms with Gasteiger partial charge in [0.05, 0.1) is 11.3 Å². The van der Waals surface area contributed by atoms with Crippen molar-refractivity contribution in [1.82, 2.24) is 0 Å². The molecule has 2 amide bonds. The summed E-state index contributed by atoms with van der Waals surface area (Å²) in [6.07, 6.45) is 0.903. The third kappa shape index (κ3) is 3.49. The molecule has 4 rings (SSSR count). The molecule has 0 fully saturated rings. The number of nitrogens with one attached hydrogen (secondary N) is 1.